The highest BCUT2D eigenvalue weighted by Crippen LogP contribution is 2.34. The third kappa shape index (κ3) is 4.03. The topological polar surface area (TPSA) is 86.3 Å². The maximum atomic E-state index is 12.5. The van der Waals surface area contributed by atoms with E-state index in [0.717, 1.165) is 5.56 Å². The van der Waals surface area contributed by atoms with Gasteiger partial charge < -0.3 is 29.2 Å². The monoisotopic (exact) mass is 410 g/mol. The van der Waals surface area contributed by atoms with Crippen LogP contribution in [-0.4, -0.2) is 45.4 Å². The molecule has 1 fully saturated rings. The van der Waals surface area contributed by atoms with Crippen LogP contribution < -0.4 is 29.2 Å². The van der Waals surface area contributed by atoms with Gasteiger partial charge in [0.1, 0.15) is 0 Å². The summed E-state index contributed by atoms with van der Waals surface area (Å²) in [5, 5.41) is 2.88. The minimum Gasteiger partial charge on any atom is -0.493 e. The molecule has 2 aromatic rings. The van der Waals surface area contributed by atoms with E-state index in [1.807, 2.05) is 12.1 Å². The molecule has 1 saturated heterocycles. The van der Waals surface area contributed by atoms with Crippen molar-refractivity contribution in [3.8, 4) is 23.0 Å². The zero-order valence-corrected chi connectivity index (χ0v) is 16.7. The van der Waals surface area contributed by atoms with Crippen LogP contribution in [-0.2, 0) is 9.59 Å². The molecule has 2 amide bonds. The molecule has 0 aliphatic carbocycles. The van der Waals surface area contributed by atoms with Gasteiger partial charge >= 0.3 is 0 Å². The predicted octanol–water partition coefficient (Wildman–Crippen LogP) is 2.37. The van der Waals surface area contributed by atoms with Gasteiger partial charge in [-0.05, 0) is 35.9 Å². The molecule has 0 spiro atoms. The SMILES string of the molecule is COc1ccc(N2CC(NC(=O)C=Cc3ccc4c(c3)OCO4)CC2=O)cc1OC. The highest BCUT2D eigenvalue weighted by molar-refractivity contribution is 5.98. The van der Waals surface area contributed by atoms with E-state index >= 15 is 0 Å². The molecule has 2 aliphatic heterocycles. The molecular weight excluding hydrogens is 388 g/mol. The molecule has 2 aromatic carbocycles. The van der Waals surface area contributed by atoms with Gasteiger partial charge in [0, 0.05) is 30.8 Å². The number of fused-ring (bicyclic) bond motifs is 1. The van der Waals surface area contributed by atoms with Crippen LogP contribution in [0, 0.1) is 0 Å². The van der Waals surface area contributed by atoms with Crippen LogP contribution in [0.2, 0.25) is 0 Å². The van der Waals surface area contributed by atoms with Gasteiger partial charge in [-0.25, -0.2) is 0 Å². The maximum absolute atomic E-state index is 12.5. The predicted molar refractivity (Wildman–Crippen MR) is 110 cm³/mol. The molecule has 1 unspecified atom stereocenters. The summed E-state index contributed by atoms with van der Waals surface area (Å²) in [6.45, 7) is 0.590. The van der Waals surface area contributed by atoms with E-state index < -0.39 is 0 Å². The fourth-order valence-electron chi connectivity index (χ4n) is 3.48. The fraction of sp³-hybridized carbons (Fsp3) is 0.273. The van der Waals surface area contributed by atoms with Crippen molar-refractivity contribution < 1.29 is 28.5 Å². The van der Waals surface area contributed by atoms with Crippen molar-refractivity contribution in [3.63, 3.8) is 0 Å². The summed E-state index contributed by atoms with van der Waals surface area (Å²) in [5.41, 5.74) is 1.52. The van der Waals surface area contributed by atoms with Gasteiger partial charge in [-0.15, -0.1) is 0 Å². The van der Waals surface area contributed by atoms with Crippen molar-refractivity contribution in [2.75, 3.05) is 32.5 Å². The van der Waals surface area contributed by atoms with Crippen LogP contribution in [0.4, 0.5) is 5.69 Å². The lowest BCUT2D eigenvalue weighted by atomic mass is 10.2. The molecule has 1 atom stereocenters. The molecule has 0 bridgehead atoms. The van der Waals surface area contributed by atoms with Crippen LogP contribution in [0.15, 0.2) is 42.5 Å². The van der Waals surface area contributed by atoms with Crippen LogP contribution in [0.25, 0.3) is 6.08 Å². The maximum Gasteiger partial charge on any atom is 0.244 e. The van der Waals surface area contributed by atoms with Crippen LogP contribution in [0.5, 0.6) is 23.0 Å². The number of amides is 2. The highest BCUT2D eigenvalue weighted by Gasteiger charge is 2.31. The summed E-state index contributed by atoms with van der Waals surface area (Å²) in [6, 6.07) is 10.5. The van der Waals surface area contributed by atoms with E-state index in [0.29, 0.717) is 35.2 Å². The quantitative estimate of drug-likeness (QED) is 0.736. The molecule has 2 aliphatic rings. The molecule has 8 nitrogen and oxygen atoms in total. The second kappa shape index (κ2) is 8.36. The van der Waals surface area contributed by atoms with Gasteiger partial charge in [0.2, 0.25) is 18.6 Å². The molecule has 8 heteroatoms. The number of hydrogen-bond donors (Lipinski definition) is 1. The number of carbonyl (C=O) groups excluding carboxylic acids is 2. The van der Waals surface area contributed by atoms with Gasteiger partial charge in [0.05, 0.1) is 20.3 Å². The average molecular weight is 410 g/mol. The molecule has 1 N–H and O–H groups in total. The zero-order valence-electron chi connectivity index (χ0n) is 16.7. The molecule has 30 heavy (non-hydrogen) atoms. The Kier molecular flexibility index (Phi) is 5.47. The molecule has 0 aromatic heterocycles. The molecule has 0 radical (unpaired) electrons. The zero-order chi connectivity index (χ0) is 21.1. The molecular formula is C22H22N2O6. The second-order valence-electron chi connectivity index (χ2n) is 6.90. The molecule has 156 valence electrons. The lowest BCUT2D eigenvalue weighted by molar-refractivity contribution is -0.117. The van der Waals surface area contributed by atoms with E-state index in [4.69, 9.17) is 18.9 Å². The Bertz CT molecular complexity index is 1000. The van der Waals surface area contributed by atoms with Gasteiger partial charge in [0.15, 0.2) is 23.0 Å². The summed E-state index contributed by atoms with van der Waals surface area (Å²) in [6.07, 6.45) is 3.37. The van der Waals surface area contributed by atoms with Crippen LogP contribution >= 0.6 is 0 Å². The molecule has 2 heterocycles. The van der Waals surface area contributed by atoms with Crippen molar-refractivity contribution in [1.29, 1.82) is 0 Å². The van der Waals surface area contributed by atoms with Crippen molar-refractivity contribution in [2.24, 2.45) is 0 Å². The Labute approximate surface area is 174 Å². The molecule has 0 saturated carbocycles. The number of rotatable bonds is 6. The number of hydrogen-bond acceptors (Lipinski definition) is 6. The number of nitrogens with one attached hydrogen (secondary N) is 1. The Hall–Kier alpha value is -3.68. The smallest absolute Gasteiger partial charge is 0.244 e. The second-order valence-corrected chi connectivity index (χ2v) is 6.90. The summed E-state index contributed by atoms with van der Waals surface area (Å²) in [4.78, 5) is 26.4. The fourth-order valence-corrected chi connectivity index (χ4v) is 3.48. The molecule has 4 rings (SSSR count). The Morgan fingerprint density at radius 3 is 2.70 bits per heavy atom. The van der Waals surface area contributed by atoms with Crippen LogP contribution in [0.1, 0.15) is 12.0 Å². The standard InChI is InChI=1S/C22H22N2O6/c1-27-17-7-5-16(11-19(17)28-2)24-12-15(10-22(24)26)23-21(25)8-4-14-3-6-18-20(9-14)30-13-29-18/h3-9,11,15H,10,12-13H2,1-2H3,(H,23,25). The van der Waals surface area contributed by atoms with Gasteiger partial charge in [-0.2, -0.15) is 0 Å². The third-order valence-corrected chi connectivity index (χ3v) is 4.97. The van der Waals surface area contributed by atoms with Gasteiger partial charge in [-0.3, -0.25) is 9.59 Å². The minimum atomic E-state index is -0.278. The largest absolute Gasteiger partial charge is 0.493 e. The lowest BCUT2D eigenvalue weighted by Gasteiger charge is -2.18. The van der Waals surface area contributed by atoms with E-state index in [1.165, 1.54) is 6.08 Å². The first-order valence-electron chi connectivity index (χ1n) is 9.48. The number of methoxy groups -OCH3 is 2. The minimum absolute atomic E-state index is 0.0627. The number of carbonyl (C=O) groups is 2. The summed E-state index contributed by atoms with van der Waals surface area (Å²) < 4.78 is 21.1. The van der Waals surface area contributed by atoms with Crippen molar-refractivity contribution >= 4 is 23.6 Å². The van der Waals surface area contributed by atoms with Crippen molar-refractivity contribution in [2.45, 2.75) is 12.5 Å². The number of benzene rings is 2. The van der Waals surface area contributed by atoms with Gasteiger partial charge in [0.25, 0.3) is 0 Å². The van der Waals surface area contributed by atoms with E-state index in [-0.39, 0.29) is 31.1 Å². The van der Waals surface area contributed by atoms with Crippen molar-refractivity contribution in [3.05, 3.63) is 48.0 Å². The Balaban J connectivity index is 1.38. The lowest BCUT2D eigenvalue weighted by Crippen LogP contribution is -2.36. The Morgan fingerprint density at radius 1 is 1.10 bits per heavy atom. The van der Waals surface area contributed by atoms with E-state index in [1.54, 1.807) is 49.5 Å². The summed E-state index contributed by atoms with van der Waals surface area (Å²) in [7, 11) is 3.10. The number of nitrogens with zero attached hydrogens (tertiary/aromatic N) is 1. The number of anilines is 1. The summed E-state index contributed by atoms with van der Waals surface area (Å²) >= 11 is 0. The van der Waals surface area contributed by atoms with E-state index in [9.17, 15) is 9.59 Å². The van der Waals surface area contributed by atoms with E-state index in [2.05, 4.69) is 5.32 Å². The first kappa shape index (κ1) is 19.6. The van der Waals surface area contributed by atoms with Gasteiger partial charge in [-0.1, -0.05) is 6.07 Å². The Morgan fingerprint density at radius 2 is 1.90 bits per heavy atom. The first-order valence-corrected chi connectivity index (χ1v) is 9.48. The number of ether oxygens (including phenoxy) is 4. The highest BCUT2D eigenvalue weighted by atomic mass is 16.7. The van der Waals surface area contributed by atoms with Crippen LogP contribution in [0.3, 0.4) is 0 Å². The first-order chi connectivity index (χ1) is 14.6. The normalized spacial score (nSPS) is 17.5. The third-order valence-electron chi connectivity index (χ3n) is 4.97. The van der Waals surface area contributed by atoms with Crippen molar-refractivity contribution in [1.82, 2.24) is 5.32 Å². The summed E-state index contributed by atoms with van der Waals surface area (Å²) in [5.74, 6) is 2.15. The average Bonchev–Trinajstić information content (AvgIpc) is 3.37.